The van der Waals surface area contributed by atoms with Crippen molar-refractivity contribution in [3.63, 3.8) is 0 Å². The Morgan fingerprint density at radius 2 is 1.92 bits per heavy atom. The lowest BCUT2D eigenvalue weighted by atomic mass is 10.1. The minimum absolute atomic E-state index is 0.0868. The molecule has 6 nitrogen and oxygen atoms in total. The van der Waals surface area contributed by atoms with E-state index in [1.165, 1.54) is 11.8 Å². The number of nitrogens with one attached hydrogen (secondary N) is 2. The average molecular weight is 363 g/mol. The summed E-state index contributed by atoms with van der Waals surface area (Å²) in [6, 6.07) is 15.7. The molecule has 0 saturated carbocycles. The van der Waals surface area contributed by atoms with Crippen LogP contribution in [0.2, 0.25) is 0 Å². The Morgan fingerprint density at radius 1 is 1.12 bits per heavy atom. The molecule has 0 aliphatic rings. The summed E-state index contributed by atoms with van der Waals surface area (Å²) in [4.78, 5) is 20.0. The van der Waals surface area contributed by atoms with Gasteiger partial charge >= 0.3 is 0 Å². The van der Waals surface area contributed by atoms with Crippen molar-refractivity contribution in [1.29, 1.82) is 0 Å². The van der Waals surface area contributed by atoms with Crippen LogP contribution in [0, 0.1) is 0 Å². The molecule has 1 amide bonds. The van der Waals surface area contributed by atoms with Crippen LogP contribution >= 0.6 is 11.8 Å². The van der Waals surface area contributed by atoms with Crippen LogP contribution in [0.1, 0.15) is 12.5 Å². The van der Waals surface area contributed by atoms with E-state index >= 15 is 0 Å². The van der Waals surface area contributed by atoms with Crippen molar-refractivity contribution in [1.82, 2.24) is 20.2 Å². The van der Waals surface area contributed by atoms with Crippen LogP contribution < -0.4 is 5.32 Å². The largest absolute Gasteiger partial charge is 0.338 e. The maximum atomic E-state index is 12.2. The highest BCUT2D eigenvalue weighted by Crippen LogP contribution is 2.23. The fraction of sp³-hybridized carbons (Fsp3) is 0.158. The third-order valence-corrected chi connectivity index (χ3v) is 4.94. The molecular formula is C19H17N5OS. The standard InChI is InChI=1S/C19H17N5OS/c1-2-12-7-3-5-9-14(12)20-16(25)11-26-19-22-18-17(23-24-19)13-8-4-6-10-15(13)21-18/h3-10H,2,11H2,1H3,(H,20,25)(H,21,22,24). The number of aryl methyl sites for hydroxylation is 1. The molecule has 0 aliphatic heterocycles. The number of benzene rings is 2. The van der Waals surface area contributed by atoms with Crippen molar-refractivity contribution < 1.29 is 4.79 Å². The van der Waals surface area contributed by atoms with Crippen LogP contribution in [0.5, 0.6) is 0 Å². The Kier molecular flexibility index (Phi) is 4.53. The number of hydrogen-bond donors (Lipinski definition) is 2. The van der Waals surface area contributed by atoms with Gasteiger partial charge in [-0.25, -0.2) is 4.98 Å². The van der Waals surface area contributed by atoms with Crippen LogP contribution in [-0.2, 0) is 11.2 Å². The lowest BCUT2D eigenvalue weighted by Gasteiger charge is -2.09. The molecule has 0 unspecified atom stereocenters. The summed E-state index contributed by atoms with van der Waals surface area (Å²) < 4.78 is 0. The second-order valence-electron chi connectivity index (χ2n) is 5.81. The molecule has 0 radical (unpaired) electrons. The highest BCUT2D eigenvalue weighted by atomic mass is 32.2. The van der Waals surface area contributed by atoms with Gasteiger partial charge in [0.05, 0.1) is 5.75 Å². The Balaban J connectivity index is 1.47. The van der Waals surface area contributed by atoms with Crippen molar-refractivity contribution in [2.45, 2.75) is 18.5 Å². The number of aromatic nitrogens is 4. The van der Waals surface area contributed by atoms with Gasteiger partial charge in [0, 0.05) is 16.6 Å². The highest BCUT2D eigenvalue weighted by Gasteiger charge is 2.11. The van der Waals surface area contributed by atoms with Crippen LogP contribution in [0.3, 0.4) is 0 Å². The van der Waals surface area contributed by atoms with Crippen molar-refractivity contribution >= 4 is 45.4 Å². The molecule has 4 aromatic rings. The van der Waals surface area contributed by atoms with Crippen LogP contribution in [0.15, 0.2) is 53.7 Å². The van der Waals surface area contributed by atoms with E-state index < -0.39 is 0 Å². The van der Waals surface area contributed by atoms with E-state index in [1.54, 1.807) is 0 Å². The van der Waals surface area contributed by atoms with Gasteiger partial charge < -0.3 is 10.3 Å². The Bertz CT molecular complexity index is 1090. The molecule has 0 spiro atoms. The summed E-state index contributed by atoms with van der Waals surface area (Å²) >= 11 is 1.27. The van der Waals surface area contributed by atoms with E-state index in [0.29, 0.717) is 10.8 Å². The van der Waals surface area contributed by atoms with Crippen LogP contribution in [-0.4, -0.2) is 31.8 Å². The van der Waals surface area contributed by atoms with Crippen LogP contribution in [0.4, 0.5) is 5.69 Å². The zero-order valence-electron chi connectivity index (χ0n) is 14.2. The van der Waals surface area contributed by atoms with E-state index in [9.17, 15) is 4.79 Å². The van der Waals surface area contributed by atoms with Crippen molar-refractivity contribution in [2.75, 3.05) is 11.1 Å². The van der Waals surface area contributed by atoms with Gasteiger partial charge in [0.2, 0.25) is 11.1 Å². The zero-order valence-corrected chi connectivity index (χ0v) is 15.0. The minimum atomic E-state index is -0.0868. The summed E-state index contributed by atoms with van der Waals surface area (Å²) in [5.41, 5.74) is 4.36. The SMILES string of the molecule is CCc1ccccc1NC(=O)CSc1nnc2c(n1)[nH]c1ccccc12. The second-order valence-corrected chi connectivity index (χ2v) is 6.75. The predicted molar refractivity (Wildman–Crippen MR) is 104 cm³/mol. The minimum Gasteiger partial charge on any atom is -0.338 e. The normalized spacial score (nSPS) is 11.1. The Hall–Kier alpha value is -2.93. The molecule has 2 aromatic carbocycles. The lowest BCUT2D eigenvalue weighted by Crippen LogP contribution is -2.15. The van der Waals surface area contributed by atoms with Gasteiger partial charge in [-0.05, 0) is 24.1 Å². The number of aromatic amines is 1. The van der Waals surface area contributed by atoms with Gasteiger partial charge in [-0.15, -0.1) is 10.2 Å². The molecule has 26 heavy (non-hydrogen) atoms. The molecule has 7 heteroatoms. The van der Waals surface area contributed by atoms with Gasteiger partial charge in [0.1, 0.15) is 5.52 Å². The maximum absolute atomic E-state index is 12.2. The number of para-hydroxylation sites is 2. The van der Waals surface area contributed by atoms with Crippen LogP contribution in [0.25, 0.3) is 22.1 Å². The highest BCUT2D eigenvalue weighted by molar-refractivity contribution is 7.99. The number of fused-ring (bicyclic) bond motifs is 3. The van der Waals surface area contributed by atoms with Gasteiger partial charge in [-0.1, -0.05) is 55.1 Å². The average Bonchev–Trinajstić information content (AvgIpc) is 3.04. The molecule has 2 N–H and O–H groups in total. The first-order chi connectivity index (χ1) is 12.7. The summed E-state index contributed by atoms with van der Waals surface area (Å²) in [6.07, 6.45) is 0.869. The number of amides is 1. The summed E-state index contributed by atoms with van der Waals surface area (Å²) in [7, 11) is 0. The monoisotopic (exact) mass is 363 g/mol. The lowest BCUT2D eigenvalue weighted by molar-refractivity contribution is -0.113. The molecule has 0 atom stereocenters. The predicted octanol–water partition coefficient (Wildman–Crippen LogP) is 3.80. The number of thioether (sulfide) groups is 1. The fourth-order valence-electron chi connectivity index (χ4n) is 2.83. The quantitative estimate of drug-likeness (QED) is 0.527. The first-order valence-corrected chi connectivity index (χ1v) is 9.35. The third kappa shape index (κ3) is 3.25. The van der Waals surface area contributed by atoms with E-state index in [1.807, 2.05) is 48.5 Å². The number of carbonyl (C=O) groups excluding carboxylic acids is 1. The summed E-state index contributed by atoms with van der Waals surface area (Å²) in [5, 5.41) is 12.8. The third-order valence-electron chi connectivity index (χ3n) is 4.11. The number of H-pyrrole nitrogens is 1. The van der Waals surface area contributed by atoms with Gasteiger partial charge in [0.15, 0.2) is 5.65 Å². The molecule has 130 valence electrons. The van der Waals surface area contributed by atoms with Gasteiger partial charge in [-0.3, -0.25) is 4.79 Å². The molecule has 2 aromatic heterocycles. The van der Waals surface area contributed by atoms with E-state index in [2.05, 4.69) is 32.4 Å². The smallest absolute Gasteiger partial charge is 0.234 e. The van der Waals surface area contributed by atoms with Crippen molar-refractivity contribution in [3.8, 4) is 0 Å². The number of rotatable bonds is 5. The molecular weight excluding hydrogens is 346 g/mol. The van der Waals surface area contributed by atoms with Gasteiger partial charge in [-0.2, -0.15) is 0 Å². The summed E-state index contributed by atoms with van der Waals surface area (Å²) in [5.74, 6) is 0.141. The number of nitrogens with zero attached hydrogens (tertiary/aromatic N) is 3. The van der Waals surface area contributed by atoms with Crippen molar-refractivity contribution in [2.24, 2.45) is 0 Å². The molecule has 0 bridgehead atoms. The summed E-state index contributed by atoms with van der Waals surface area (Å²) in [6.45, 7) is 2.06. The number of hydrogen-bond acceptors (Lipinski definition) is 5. The number of anilines is 1. The van der Waals surface area contributed by atoms with E-state index in [0.717, 1.165) is 34.1 Å². The topological polar surface area (TPSA) is 83.6 Å². The number of carbonyl (C=O) groups is 1. The zero-order chi connectivity index (χ0) is 17.9. The molecule has 0 aliphatic carbocycles. The maximum Gasteiger partial charge on any atom is 0.234 e. The van der Waals surface area contributed by atoms with Crippen molar-refractivity contribution in [3.05, 3.63) is 54.1 Å². The Labute approximate surface area is 154 Å². The van der Waals surface area contributed by atoms with E-state index in [-0.39, 0.29) is 11.7 Å². The molecule has 0 fully saturated rings. The molecule has 2 heterocycles. The first kappa shape index (κ1) is 16.5. The fourth-order valence-corrected chi connectivity index (χ4v) is 3.42. The first-order valence-electron chi connectivity index (χ1n) is 8.36. The Morgan fingerprint density at radius 3 is 2.81 bits per heavy atom. The molecule has 4 rings (SSSR count). The van der Waals surface area contributed by atoms with E-state index in [4.69, 9.17) is 0 Å². The molecule has 0 saturated heterocycles. The second kappa shape index (κ2) is 7.13. The van der Waals surface area contributed by atoms with Gasteiger partial charge in [0.25, 0.3) is 0 Å².